The molecule has 0 N–H and O–H groups in total. The molecule has 0 atom stereocenters. The molecule has 0 aromatic rings. The van der Waals surface area contributed by atoms with Crippen LogP contribution in [0.25, 0.3) is 0 Å². The van der Waals surface area contributed by atoms with Crippen LogP contribution in [-0.4, -0.2) is 96.9 Å². The van der Waals surface area contributed by atoms with Gasteiger partial charge in [0, 0.05) is 30.8 Å². The Labute approximate surface area is 180 Å². The predicted molar refractivity (Wildman–Crippen MR) is 119 cm³/mol. The normalized spacial score (nSPS) is 14.4. The summed E-state index contributed by atoms with van der Waals surface area (Å²) < 4.78 is 34.6. The molecular weight excluding hydrogens is 428 g/mol. The molecule has 1 rings (SSSR count). The van der Waals surface area contributed by atoms with Gasteiger partial charge in [0.15, 0.2) is 0 Å². The SMILES string of the molecule is COCCOCCOCCSC1=C(SCCOCCOCCOC)SCS1. The smallest absolute Gasteiger partial charge is 0.0701 e. The molecule has 1 aliphatic heterocycles. The van der Waals surface area contributed by atoms with Crippen LogP contribution >= 0.6 is 47.0 Å². The van der Waals surface area contributed by atoms with E-state index in [4.69, 9.17) is 28.4 Å². The van der Waals surface area contributed by atoms with E-state index in [1.165, 1.54) is 8.47 Å². The first-order valence-electron chi connectivity index (χ1n) is 8.92. The molecule has 0 saturated heterocycles. The van der Waals surface area contributed by atoms with Gasteiger partial charge in [0.1, 0.15) is 0 Å². The molecule has 6 nitrogen and oxygen atoms in total. The Balaban J connectivity index is 1.96. The third-order valence-corrected chi connectivity index (χ3v) is 8.56. The van der Waals surface area contributed by atoms with Crippen molar-refractivity contribution in [2.24, 2.45) is 0 Å². The Morgan fingerprint density at radius 1 is 0.593 bits per heavy atom. The maximum absolute atomic E-state index is 5.60. The summed E-state index contributed by atoms with van der Waals surface area (Å²) >= 11 is 7.62. The molecule has 160 valence electrons. The van der Waals surface area contributed by atoms with E-state index in [9.17, 15) is 0 Å². The quantitative estimate of drug-likeness (QED) is 0.253. The van der Waals surface area contributed by atoms with Gasteiger partial charge < -0.3 is 28.4 Å². The maximum Gasteiger partial charge on any atom is 0.0701 e. The Morgan fingerprint density at radius 2 is 0.963 bits per heavy atom. The van der Waals surface area contributed by atoms with Crippen LogP contribution in [0.4, 0.5) is 0 Å². The van der Waals surface area contributed by atoms with E-state index in [0.717, 1.165) is 29.8 Å². The maximum atomic E-state index is 5.60. The van der Waals surface area contributed by atoms with E-state index >= 15 is 0 Å². The highest BCUT2D eigenvalue weighted by Crippen LogP contribution is 2.50. The van der Waals surface area contributed by atoms with Crippen LogP contribution in [0, 0.1) is 0 Å². The monoisotopic (exact) mass is 460 g/mol. The molecule has 1 aliphatic rings. The highest BCUT2D eigenvalue weighted by Gasteiger charge is 2.16. The van der Waals surface area contributed by atoms with Crippen LogP contribution in [0.2, 0.25) is 0 Å². The van der Waals surface area contributed by atoms with Crippen LogP contribution in [0.1, 0.15) is 0 Å². The zero-order valence-electron chi connectivity index (χ0n) is 16.3. The molecule has 0 unspecified atom stereocenters. The summed E-state index contributed by atoms with van der Waals surface area (Å²) in [6.45, 7) is 6.53. The number of thioether (sulfide) groups is 4. The van der Waals surface area contributed by atoms with Crippen LogP contribution < -0.4 is 0 Å². The molecule has 1 heterocycles. The summed E-state index contributed by atoms with van der Waals surface area (Å²) in [6.07, 6.45) is 0. The Kier molecular flexibility index (Phi) is 19.4. The van der Waals surface area contributed by atoms with Gasteiger partial charge in [0.2, 0.25) is 0 Å². The van der Waals surface area contributed by atoms with Crippen molar-refractivity contribution in [1.29, 1.82) is 0 Å². The fourth-order valence-corrected chi connectivity index (χ4v) is 7.55. The largest absolute Gasteiger partial charge is 0.382 e. The summed E-state index contributed by atoms with van der Waals surface area (Å²) in [6, 6.07) is 0. The minimum atomic E-state index is 0.625. The molecule has 0 aromatic heterocycles. The van der Waals surface area contributed by atoms with Crippen LogP contribution in [-0.2, 0) is 28.4 Å². The Hall–Kier alpha value is 0.900. The highest BCUT2D eigenvalue weighted by atomic mass is 32.3. The average molecular weight is 461 g/mol. The lowest BCUT2D eigenvalue weighted by Gasteiger charge is -2.08. The van der Waals surface area contributed by atoms with Gasteiger partial charge in [0.05, 0.1) is 74.5 Å². The number of hydrogen-bond acceptors (Lipinski definition) is 10. The van der Waals surface area contributed by atoms with Crippen LogP contribution in [0.3, 0.4) is 0 Å². The minimum Gasteiger partial charge on any atom is -0.382 e. The fourth-order valence-electron chi connectivity index (χ4n) is 1.77. The molecule has 27 heavy (non-hydrogen) atoms. The van der Waals surface area contributed by atoms with Crippen molar-refractivity contribution in [3.05, 3.63) is 8.47 Å². The van der Waals surface area contributed by atoms with Crippen molar-refractivity contribution >= 4 is 47.0 Å². The molecular formula is C17H32O6S4. The van der Waals surface area contributed by atoms with E-state index in [1.54, 1.807) is 14.2 Å². The van der Waals surface area contributed by atoms with Crippen LogP contribution in [0.15, 0.2) is 8.47 Å². The van der Waals surface area contributed by atoms with Gasteiger partial charge in [-0.1, -0.05) is 0 Å². The lowest BCUT2D eigenvalue weighted by atomic mass is 10.7. The molecule has 0 saturated carbocycles. The van der Waals surface area contributed by atoms with Gasteiger partial charge >= 0.3 is 0 Å². The second-order valence-corrected chi connectivity index (χ2v) is 10.2. The number of ether oxygens (including phenoxy) is 6. The van der Waals surface area contributed by atoms with Crippen molar-refractivity contribution in [3.63, 3.8) is 0 Å². The summed E-state index contributed by atoms with van der Waals surface area (Å²) in [5, 5.41) is 1.10. The number of hydrogen-bond donors (Lipinski definition) is 0. The summed E-state index contributed by atoms with van der Waals surface area (Å²) in [5.41, 5.74) is 0. The molecule has 0 amide bonds. The zero-order chi connectivity index (χ0) is 19.4. The van der Waals surface area contributed by atoms with E-state index in [-0.39, 0.29) is 0 Å². The van der Waals surface area contributed by atoms with Gasteiger partial charge in [-0.3, -0.25) is 0 Å². The first kappa shape index (κ1) is 25.9. The van der Waals surface area contributed by atoms with Crippen molar-refractivity contribution < 1.29 is 28.4 Å². The third-order valence-electron chi connectivity index (χ3n) is 3.08. The highest BCUT2D eigenvalue weighted by molar-refractivity contribution is 8.36. The van der Waals surface area contributed by atoms with Crippen molar-refractivity contribution in [1.82, 2.24) is 0 Å². The standard InChI is InChI=1S/C17H32O6S4/c1-18-3-5-20-7-9-22-11-13-24-16-17(27-15-26-16)25-14-12-23-10-8-21-6-4-19-2/h3-15H2,1-2H3. The van der Waals surface area contributed by atoms with E-state index in [1.807, 2.05) is 47.0 Å². The van der Waals surface area contributed by atoms with Gasteiger partial charge in [-0.15, -0.1) is 47.0 Å². The van der Waals surface area contributed by atoms with Crippen molar-refractivity contribution in [2.45, 2.75) is 0 Å². The first-order chi connectivity index (χ1) is 13.4. The lowest BCUT2D eigenvalue weighted by Crippen LogP contribution is -2.09. The summed E-state index contributed by atoms with van der Waals surface area (Å²) in [7, 11) is 3.34. The third kappa shape index (κ3) is 15.4. The lowest BCUT2D eigenvalue weighted by molar-refractivity contribution is 0.0286. The molecule has 0 fully saturated rings. The second-order valence-electron chi connectivity index (χ2n) is 5.11. The second kappa shape index (κ2) is 20.2. The molecule has 0 aromatic carbocycles. The van der Waals surface area contributed by atoms with E-state index in [0.29, 0.717) is 52.9 Å². The van der Waals surface area contributed by atoms with Crippen molar-refractivity contribution in [3.8, 4) is 0 Å². The van der Waals surface area contributed by atoms with Crippen molar-refractivity contribution in [2.75, 3.05) is 96.9 Å². The Morgan fingerprint density at radius 3 is 1.37 bits per heavy atom. The summed E-state index contributed by atoms with van der Waals surface area (Å²) in [5.74, 6) is 1.95. The minimum absolute atomic E-state index is 0.625. The first-order valence-corrected chi connectivity index (χ1v) is 12.9. The molecule has 0 bridgehead atoms. The zero-order valence-corrected chi connectivity index (χ0v) is 19.5. The topological polar surface area (TPSA) is 55.4 Å². The molecule has 0 spiro atoms. The number of rotatable bonds is 20. The van der Waals surface area contributed by atoms with E-state index in [2.05, 4.69) is 0 Å². The molecule has 10 heteroatoms. The summed E-state index contributed by atoms with van der Waals surface area (Å²) in [4.78, 5) is 0. The predicted octanol–water partition coefficient (Wildman–Crippen LogP) is 3.38. The average Bonchev–Trinajstić information content (AvgIpc) is 3.12. The van der Waals surface area contributed by atoms with Gasteiger partial charge in [-0.05, 0) is 0 Å². The molecule has 0 radical (unpaired) electrons. The van der Waals surface area contributed by atoms with Crippen LogP contribution in [0.5, 0.6) is 0 Å². The Bertz CT molecular complexity index is 341. The van der Waals surface area contributed by atoms with E-state index < -0.39 is 0 Å². The van der Waals surface area contributed by atoms with Gasteiger partial charge in [0.25, 0.3) is 0 Å². The number of methoxy groups -OCH3 is 2. The molecule has 0 aliphatic carbocycles. The van der Waals surface area contributed by atoms with Gasteiger partial charge in [-0.25, -0.2) is 0 Å². The fraction of sp³-hybridized carbons (Fsp3) is 0.882. The van der Waals surface area contributed by atoms with Gasteiger partial charge in [-0.2, -0.15) is 0 Å².